The van der Waals surface area contributed by atoms with Gasteiger partial charge in [0.15, 0.2) is 0 Å². The molecule has 0 saturated heterocycles. The third-order valence-corrected chi connectivity index (χ3v) is 2.40. The zero-order valence-electron chi connectivity index (χ0n) is 8.83. The smallest absolute Gasteiger partial charge is 0.103 e. The van der Waals surface area contributed by atoms with Crippen LogP contribution in [-0.4, -0.2) is 22.1 Å². The van der Waals surface area contributed by atoms with Crippen LogP contribution in [0.4, 0.5) is 0 Å². The lowest BCUT2D eigenvalue weighted by Gasteiger charge is -2.12. The molecule has 0 aliphatic rings. The zero-order chi connectivity index (χ0) is 10.6. The van der Waals surface area contributed by atoms with Gasteiger partial charge in [0.05, 0.1) is 17.7 Å². The molecule has 0 bridgehead atoms. The van der Waals surface area contributed by atoms with Crippen molar-refractivity contribution in [3.63, 3.8) is 0 Å². The highest BCUT2D eigenvalue weighted by atomic mass is 35.5. The number of aryl methyl sites for hydroxylation is 1. The van der Waals surface area contributed by atoms with Crippen molar-refractivity contribution in [2.75, 3.05) is 7.11 Å². The van der Waals surface area contributed by atoms with E-state index in [1.54, 1.807) is 7.11 Å². The molecule has 1 heterocycles. The average molecular weight is 218 g/mol. The Morgan fingerprint density at radius 1 is 1.57 bits per heavy atom. The molecule has 5 heteroatoms. The number of alkyl halides is 1. The fourth-order valence-electron chi connectivity index (χ4n) is 1.38. The van der Waals surface area contributed by atoms with Crippen molar-refractivity contribution in [2.24, 2.45) is 0 Å². The van der Waals surface area contributed by atoms with Crippen LogP contribution in [-0.2, 0) is 17.2 Å². The highest BCUT2D eigenvalue weighted by Crippen LogP contribution is 2.20. The number of aromatic nitrogens is 3. The Morgan fingerprint density at radius 2 is 2.29 bits per heavy atom. The maximum absolute atomic E-state index is 5.78. The summed E-state index contributed by atoms with van der Waals surface area (Å²) in [6.07, 6.45) is 1.01. The molecule has 1 aromatic rings. The molecular formula is C9H16ClN3O. The number of hydrogen-bond acceptors (Lipinski definition) is 3. The Morgan fingerprint density at radius 3 is 2.79 bits per heavy atom. The topological polar surface area (TPSA) is 39.9 Å². The van der Waals surface area contributed by atoms with Gasteiger partial charge in [-0.25, -0.2) is 4.68 Å². The Kier molecular flexibility index (Phi) is 4.35. The summed E-state index contributed by atoms with van der Waals surface area (Å²) in [4.78, 5) is 0. The van der Waals surface area contributed by atoms with Gasteiger partial charge in [-0.3, -0.25) is 0 Å². The van der Waals surface area contributed by atoms with Crippen molar-refractivity contribution < 1.29 is 4.74 Å². The van der Waals surface area contributed by atoms with E-state index in [1.165, 1.54) is 0 Å². The van der Waals surface area contributed by atoms with Crippen molar-refractivity contribution >= 4 is 11.6 Å². The van der Waals surface area contributed by atoms with Crippen LogP contribution >= 0.6 is 11.6 Å². The van der Waals surface area contributed by atoms with Gasteiger partial charge >= 0.3 is 0 Å². The first-order valence-electron chi connectivity index (χ1n) is 4.75. The van der Waals surface area contributed by atoms with Gasteiger partial charge in [0.1, 0.15) is 5.69 Å². The van der Waals surface area contributed by atoms with Crippen LogP contribution in [0.15, 0.2) is 0 Å². The molecule has 0 fully saturated rings. The van der Waals surface area contributed by atoms with E-state index in [-0.39, 0.29) is 6.10 Å². The maximum Gasteiger partial charge on any atom is 0.103 e. The van der Waals surface area contributed by atoms with Crippen molar-refractivity contribution in [2.45, 2.75) is 38.8 Å². The monoisotopic (exact) mass is 217 g/mol. The van der Waals surface area contributed by atoms with Crippen LogP contribution in [0.2, 0.25) is 0 Å². The second-order valence-corrected chi connectivity index (χ2v) is 3.42. The van der Waals surface area contributed by atoms with Crippen molar-refractivity contribution in [3.8, 4) is 0 Å². The minimum absolute atomic E-state index is 0.00898. The van der Waals surface area contributed by atoms with Crippen LogP contribution in [0.3, 0.4) is 0 Å². The molecule has 0 N–H and O–H groups in total. The van der Waals surface area contributed by atoms with Crippen LogP contribution in [0.5, 0.6) is 0 Å². The van der Waals surface area contributed by atoms with Crippen LogP contribution in [0, 0.1) is 0 Å². The Balaban J connectivity index is 2.99. The average Bonchev–Trinajstić information content (AvgIpc) is 2.60. The van der Waals surface area contributed by atoms with Crippen LogP contribution in [0.1, 0.15) is 37.8 Å². The first kappa shape index (κ1) is 11.5. The minimum Gasteiger partial charge on any atom is -0.375 e. The van der Waals surface area contributed by atoms with Crippen LogP contribution in [0.25, 0.3) is 0 Å². The molecule has 0 aliphatic carbocycles. The van der Waals surface area contributed by atoms with Crippen LogP contribution < -0.4 is 0 Å². The predicted octanol–water partition coefficient (Wildman–Crippen LogP) is 2.13. The lowest BCUT2D eigenvalue weighted by molar-refractivity contribution is 0.110. The van der Waals surface area contributed by atoms with Gasteiger partial charge in [0.25, 0.3) is 0 Å². The quantitative estimate of drug-likeness (QED) is 0.710. The van der Waals surface area contributed by atoms with Gasteiger partial charge in [-0.2, -0.15) is 0 Å². The van der Waals surface area contributed by atoms with E-state index in [4.69, 9.17) is 16.3 Å². The molecular weight excluding hydrogens is 202 g/mol. The van der Waals surface area contributed by atoms with Crippen molar-refractivity contribution in [1.29, 1.82) is 0 Å². The summed E-state index contributed by atoms with van der Waals surface area (Å²) in [5.74, 6) is 0.382. The summed E-state index contributed by atoms with van der Waals surface area (Å²) < 4.78 is 7.13. The molecule has 1 unspecified atom stereocenters. The second-order valence-electron chi connectivity index (χ2n) is 3.16. The minimum atomic E-state index is -0.00898. The normalized spacial score (nSPS) is 13.1. The van der Waals surface area contributed by atoms with Crippen molar-refractivity contribution in [1.82, 2.24) is 15.0 Å². The Bertz CT molecular complexity index is 288. The molecule has 4 nitrogen and oxygen atoms in total. The Labute approximate surface area is 89.2 Å². The molecule has 14 heavy (non-hydrogen) atoms. The first-order chi connectivity index (χ1) is 6.74. The molecule has 0 aliphatic heterocycles. The van der Waals surface area contributed by atoms with Gasteiger partial charge in [-0.15, -0.1) is 16.7 Å². The summed E-state index contributed by atoms with van der Waals surface area (Å²) >= 11 is 5.78. The summed E-state index contributed by atoms with van der Waals surface area (Å²) in [6.45, 7) is 4.93. The number of hydrogen-bond donors (Lipinski definition) is 0. The predicted molar refractivity (Wildman–Crippen MR) is 55.3 cm³/mol. The highest BCUT2D eigenvalue weighted by Gasteiger charge is 2.17. The summed E-state index contributed by atoms with van der Waals surface area (Å²) in [7, 11) is 1.67. The third-order valence-electron chi connectivity index (χ3n) is 2.15. The first-order valence-corrected chi connectivity index (χ1v) is 5.29. The maximum atomic E-state index is 5.78. The number of ether oxygens (including phenoxy) is 1. The van der Waals surface area contributed by atoms with Crippen molar-refractivity contribution in [3.05, 3.63) is 11.4 Å². The van der Waals surface area contributed by atoms with E-state index in [2.05, 4.69) is 17.2 Å². The molecule has 1 atom stereocenters. The molecule has 0 aromatic carbocycles. The van der Waals surface area contributed by atoms with E-state index in [0.29, 0.717) is 5.88 Å². The molecule has 80 valence electrons. The van der Waals surface area contributed by atoms with Gasteiger partial charge in [0.2, 0.25) is 0 Å². The largest absolute Gasteiger partial charge is 0.375 e. The lowest BCUT2D eigenvalue weighted by atomic mass is 10.2. The zero-order valence-corrected chi connectivity index (χ0v) is 9.58. The van der Waals surface area contributed by atoms with E-state index in [0.717, 1.165) is 24.4 Å². The summed E-state index contributed by atoms with van der Waals surface area (Å²) in [6, 6.07) is 0. The van der Waals surface area contributed by atoms with Gasteiger partial charge < -0.3 is 4.74 Å². The van der Waals surface area contributed by atoms with E-state index >= 15 is 0 Å². The Hall–Kier alpha value is -0.610. The molecule has 0 radical (unpaired) electrons. The number of methoxy groups -OCH3 is 1. The fourth-order valence-corrected chi connectivity index (χ4v) is 1.57. The van der Waals surface area contributed by atoms with Gasteiger partial charge in [-0.05, 0) is 13.3 Å². The van der Waals surface area contributed by atoms with E-state index in [9.17, 15) is 0 Å². The number of halogens is 1. The molecule has 1 aromatic heterocycles. The summed E-state index contributed by atoms with van der Waals surface area (Å²) in [5.41, 5.74) is 1.80. The molecule has 0 amide bonds. The molecule has 0 saturated carbocycles. The second kappa shape index (κ2) is 5.32. The van der Waals surface area contributed by atoms with E-state index in [1.807, 2.05) is 11.6 Å². The third kappa shape index (κ3) is 2.25. The molecule has 0 spiro atoms. The molecule has 1 rings (SSSR count). The number of nitrogens with zero attached hydrogens (tertiary/aromatic N) is 3. The SMILES string of the molecule is CCCn1nnc(CCl)c1C(C)OC. The lowest BCUT2D eigenvalue weighted by Crippen LogP contribution is -2.10. The number of rotatable bonds is 5. The van der Waals surface area contributed by atoms with E-state index < -0.39 is 0 Å². The highest BCUT2D eigenvalue weighted by molar-refractivity contribution is 6.16. The fraction of sp³-hybridized carbons (Fsp3) is 0.778. The standard InChI is InChI=1S/C9H16ClN3O/c1-4-5-13-9(7(2)14-3)8(6-10)11-12-13/h7H,4-6H2,1-3H3. The summed E-state index contributed by atoms with van der Waals surface area (Å²) in [5, 5.41) is 8.07. The van der Waals surface area contributed by atoms with Gasteiger partial charge in [-0.1, -0.05) is 12.1 Å². The van der Waals surface area contributed by atoms with Gasteiger partial charge in [0, 0.05) is 13.7 Å².